The van der Waals surface area contributed by atoms with Gasteiger partial charge in [0.2, 0.25) is 5.95 Å². The van der Waals surface area contributed by atoms with Crippen molar-refractivity contribution in [2.45, 2.75) is 46.4 Å². The van der Waals surface area contributed by atoms with Gasteiger partial charge in [-0.2, -0.15) is 4.98 Å². The van der Waals surface area contributed by atoms with Crippen LogP contribution < -0.4 is 15.0 Å². The van der Waals surface area contributed by atoms with Crippen LogP contribution in [0, 0.1) is 12.7 Å². The average Bonchev–Trinajstić information content (AvgIpc) is 2.92. The van der Waals surface area contributed by atoms with E-state index in [2.05, 4.69) is 52.5 Å². The highest BCUT2D eigenvalue weighted by atomic mass is 19.1. The minimum atomic E-state index is -0.368. The first-order valence-electron chi connectivity index (χ1n) is 13.0. The number of para-hydroxylation sites is 1. The highest BCUT2D eigenvalue weighted by Gasteiger charge is 2.27. The molecule has 1 aromatic heterocycles. The van der Waals surface area contributed by atoms with E-state index in [9.17, 15) is 9.18 Å². The van der Waals surface area contributed by atoms with Crippen molar-refractivity contribution >= 4 is 23.4 Å². The highest BCUT2D eigenvalue weighted by Crippen LogP contribution is 2.35. The number of nitrogens with zero attached hydrogens (tertiary/aromatic N) is 3. The van der Waals surface area contributed by atoms with Crippen molar-refractivity contribution in [3.63, 3.8) is 0 Å². The number of carbonyl (C=O) groups excluding carboxylic acids is 1. The molecule has 0 aliphatic carbocycles. The van der Waals surface area contributed by atoms with E-state index in [0.29, 0.717) is 17.3 Å². The Bertz CT molecular complexity index is 1450. The largest absolute Gasteiger partial charge is 0.488 e. The summed E-state index contributed by atoms with van der Waals surface area (Å²) in [5, 5.41) is 3.14. The van der Waals surface area contributed by atoms with Crippen LogP contribution in [0.25, 0.3) is 0 Å². The molecule has 1 unspecified atom stereocenters. The highest BCUT2D eigenvalue weighted by molar-refractivity contribution is 5.66. The lowest BCUT2D eigenvalue weighted by molar-refractivity contribution is -0.142. The first-order valence-corrected chi connectivity index (χ1v) is 13.0. The first-order chi connectivity index (χ1) is 18.9. The molecule has 3 aromatic carbocycles. The fraction of sp³-hybridized carbons (Fsp3) is 0.258. The maximum atomic E-state index is 13.3. The molecular formula is C31H31FN4O3. The van der Waals surface area contributed by atoms with Crippen molar-refractivity contribution in [3.05, 3.63) is 107 Å². The van der Waals surface area contributed by atoms with Gasteiger partial charge in [0, 0.05) is 30.3 Å². The SMILES string of the molecule is CC(=O)OCc1nc(Nc2ccc(F)cc2)nc(N2CCc3ccccc3C2C)c1C.c1ccc2c(c1)CO2. The van der Waals surface area contributed by atoms with E-state index in [4.69, 9.17) is 14.5 Å². The molecule has 1 atom stereocenters. The summed E-state index contributed by atoms with van der Waals surface area (Å²) in [6, 6.07) is 22.7. The number of nitrogens with one attached hydrogen (secondary N) is 1. The van der Waals surface area contributed by atoms with Gasteiger partial charge in [0.05, 0.1) is 11.7 Å². The van der Waals surface area contributed by atoms with E-state index < -0.39 is 0 Å². The smallest absolute Gasteiger partial charge is 0.303 e. The van der Waals surface area contributed by atoms with Gasteiger partial charge in [-0.3, -0.25) is 4.79 Å². The van der Waals surface area contributed by atoms with Gasteiger partial charge in [0.25, 0.3) is 0 Å². The predicted octanol–water partition coefficient (Wildman–Crippen LogP) is 6.43. The Kier molecular flexibility index (Phi) is 7.72. The second-order valence-corrected chi connectivity index (χ2v) is 9.57. The summed E-state index contributed by atoms with van der Waals surface area (Å²) in [5.74, 6) is 1.54. The Hall–Kier alpha value is -4.46. The van der Waals surface area contributed by atoms with E-state index >= 15 is 0 Å². The minimum Gasteiger partial charge on any atom is -0.488 e. The third kappa shape index (κ3) is 6.00. The number of aromatic nitrogens is 2. The Morgan fingerprint density at radius 1 is 1.05 bits per heavy atom. The van der Waals surface area contributed by atoms with Crippen molar-refractivity contribution in [3.8, 4) is 5.75 Å². The van der Waals surface area contributed by atoms with Crippen LogP contribution in [0.15, 0.2) is 72.8 Å². The number of rotatable bonds is 5. The van der Waals surface area contributed by atoms with Crippen molar-refractivity contribution in [2.75, 3.05) is 16.8 Å². The number of anilines is 3. The quantitative estimate of drug-likeness (QED) is 0.300. The van der Waals surface area contributed by atoms with Crippen molar-refractivity contribution in [2.24, 2.45) is 0 Å². The molecule has 200 valence electrons. The number of halogens is 1. The Balaban J connectivity index is 0.000000325. The van der Waals surface area contributed by atoms with Gasteiger partial charge < -0.3 is 19.7 Å². The normalized spacial score (nSPS) is 15.0. The molecule has 0 radical (unpaired) electrons. The molecule has 0 bridgehead atoms. The monoisotopic (exact) mass is 526 g/mol. The van der Waals surface area contributed by atoms with Gasteiger partial charge in [-0.25, -0.2) is 9.37 Å². The summed E-state index contributed by atoms with van der Waals surface area (Å²) >= 11 is 0. The molecule has 7 nitrogen and oxygen atoms in total. The van der Waals surface area contributed by atoms with Crippen LogP contribution in [0.1, 0.15) is 47.8 Å². The molecule has 0 spiro atoms. The lowest BCUT2D eigenvalue weighted by atomic mass is 9.93. The van der Waals surface area contributed by atoms with Crippen LogP contribution in [0.2, 0.25) is 0 Å². The summed E-state index contributed by atoms with van der Waals surface area (Å²) in [5.41, 5.74) is 6.14. The van der Waals surface area contributed by atoms with Crippen molar-refractivity contribution in [1.82, 2.24) is 9.97 Å². The molecule has 0 saturated carbocycles. The van der Waals surface area contributed by atoms with Gasteiger partial charge in [0.1, 0.15) is 30.6 Å². The third-order valence-corrected chi connectivity index (χ3v) is 6.96. The van der Waals surface area contributed by atoms with Crippen LogP contribution in [-0.4, -0.2) is 22.5 Å². The summed E-state index contributed by atoms with van der Waals surface area (Å²) in [7, 11) is 0. The molecule has 0 amide bonds. The maximum absolute atomic E-state index is 13.3. The van der Waals surface area contributed by atoms with Crippen molar-refractivity contribution < 1.29 is 18.7 Å². The van der Waals surface area contributed by atoms with Gasteiger partial charge in [-0.1, -0.05) is 42.5 Å². The Morgan fingerprint density at radius 2 is 1.77 bits per heavy atom. The van der Waals surface area contributed by atoms with Crippen LogP contribution in [0.5, 0.6) is 5.75 Å². The molecule has 0 saturated heterocycles. The molecule has 6 rings (SSSR count). The Labute approximate surface area is 227 Å². The number of esters is 1. The number of hydrogen-bond acceptors (Lipinski definition) is 7. The number of carbonyl (C=O) groups is 1. The molecule has 39 heavy (non-hydrogen) atoms. The van der Waals surface area contributed by atoms with Gasteiger partial charge in [-0.05, 0) is 61.7 Å². The maximum Gasteiger partial charge on any atom is 0.303 e. The van der Waals surface area contributed by atoms with E-state index in [1.165, 1.54) is 35.7 Å². The lowest BCUT2D eigenvalue weighted by Crippen LogP contribution is -2.35. The second-order valence-electron chi connectivity index (χ2n) is 9.57. The van der Waals surface area contributed by atoms with Crippen LogP contribution in [0.4, 0.5) is 21.8 Å². The number of benzene rings is 3. The first kappa shape index (κ1) is 26.2. The van der Waals surface area contributed by atoms with Crippen LogP contribution >= 0.6 is 0 Å². The van der Waals surface area contributed by atoms with E-state index in [1.807, 2.05) is 25.1 Å². The zero-order valence-corrected chi connectivity index (χ0v) is 22.3. The second kappa shape index (κ2) is 11.5. The van der Waals surface area contributed by atoms with Gasteiger partial charge >= 0.3 is 5.97 Å². The molecule has 2 aliphatic rings. The standard InChI is InChI=1S/C24H25FN4O2.C7H6O/c1-15-22(14-31-17(3)30)27-24(26-20-10-8-19(25)9-11-20)28-23(15)29-13-12-18-6-4-5-7-21(18)16(29)2;1-2-4-7-6(3-1)5-8-7/h4-11,16H,12-14H2,1-3H3,(H,26,27,28);1-4H,5H2. The average molecular weight is 527 g/mol. The number of fused-ring (bicyclic) bond motifs is 2. The lowest BCUT2D eigenvalue weighted by Gasteiger charge is -2.37. The van der Waals surface area contributed by atoms with E-state index in [1.54, 1.807) is 12.1 Å². The summed E-state index contributed by atoms with van der Waals surface area (Å²) in [6.07, 6.45) is 0.921. The van der Waals surface area contributed by atoms with Gasteiger partial charge in [-0.15, -0.1) is 0 Å². The number of hydrogen-bond donors (Lipinski definition) is 1. The number of ether oxygens (including phenoxy) is 2. The topological polar surface area (TPSA) is 76.6 Å². The molecule has 8 heteroatoms. The zero-order valence-electron chi connectivity index (χ0n) is 22.3. The zero-order chi connectivity index (χ0) is 27.4. The van der Waals surface area contributed by atoms with Crippen LogP contribution in [0.3, 0.4) is 0 Å². The molecule has 4 aromatic rings. The molecule has 3 heterocycles. The molecule has 2 aliphatic heterocycles. The Morgan fingerprint density at radius 3 is 2.41 bits per heavy atom. The molecular weight excluding hydrogens is 495 g/mol. The summed E-state index contributed by atoms with van der Waals surface area (Å²) in [6.45, 7) is 7.17. The molecule has 1 N–H and O–H groups in total. The van der Waals surface area contributed by atoms with Crippen LogP contribution in [-0.2, 0) is 29.2 Å². The third-order valence-electron chi connectivity index (χ3n) is 6.96. The fourth-order valence-electron chi connectivity index (χ4n) is 4.76. The summed E-state index contributed by atoms with van der Waals surface area (Å²) in [4.78, 5) is 23.0. The fourth-order valence-corrected chi connectivity index (χ4v) is 4.76. The van der Waals surface area contributed by atoms with E-state index in [0.717, 1.165) is 36.7 Å². The molecule has 0 fully saturated rings. The predicted molar refractivity (Wildman–Crippen MR) is 149 cm³/mol. The summed E-state index contributed by atoms with van der Waals surface area (Å²) < 4.78 is 23.6. The van der Waals surface area contributed by atoms with E-state index in [-0.39, 0.29) is 24.4 Å². The minimum absolute atomic E-state index is 0.0631. The van der Waals surface area contributed by atoms with Gasteiger partial charge in [0.15, 0.2) is 0 Å². The van der Waals surface area contributed by atoms with Crippen molar-refractivity contribution in [1.29, 1.82) is 0 Å².